The van der Waals surface area contributed by atoms with E-state index in [2.05, 4.69) is 5.32 Å². The molecule has 2 rings (SSSR count). The van der Waals surface area contributed by atoms with Gasteiger partial charge in [0.25, 0.3) is 5.69 Å². The fourth-order valence-corrected chi connectivity index (χ4v) is 1.65. The lowest BCUT2D eigenvalue weighted by atomic mass is 10.2. The summed E-state index contributed by atoms with van der Waals surface area (Å²) >= 11 is 0. The van der Waals surface area contributed by atoms with Crippen LogP contribution in [0, 0.1) is 37.7 Å². The molecule has 0 aliphatic heterocycles. The Morgan fingerprint density at radius 3 is 1.92 bits per heavy atom. The van der Waals surface area contributed by atoms with E-state index >= 15 is 0 Å². The summed E-state index contributed by atoms with van der Waals surface area (Å²) in [5, 5.41) is 31.4. The van der Waals surface area contributed by atoms with Gasteiger partial charge in [-0.1, -0.05) is 12.1 Å². The lowest BCUT2D eigenvalue weighted by molar-refractivity contribution is -0.387. The largest absolute Gasteiger partial charge is 0.395 e. The first-order valence-electron chi connectivity index (χ1n) is 6.65. The van der Waals surface area contributed by atoms with E-state index in [9.17, 15) is 33.4 Å². The Kier molecular flexibility index (Phi) is 7.28. The quantitative estimate of drug-likeness (QED) is 0.626. The van der Waals surface area contributed by atoms with Crippen LogP contribution in [-0.4, -0.2) is 28.1 Å². The van der Waals surface area contributed by atoms with Crippen molar-refractivity contribution in [3.8, 4) is 0 Å². The minimum Gasteiger partial charge on any atom is -0.395 e. The van der Waals surface area contributed by atoms with Crippen molar-refractivity contribution in [2.24, 2.45) is 0 Å². The average Bonchev–Trinajstić information content (AvgIpc) is 2.56. The zero-order chi connectivity index (χ0) is 19.0. The first kappa shape index (κ1) is 19.8. The minimum absolute atomic E-state index is 0.0712. The molecule has 0 bridgehead atoms. The SMILES string of the molecule is O=[N+]([O-])c1cccc(F)c1F.O=[N+]([O-])c1cccc(F)c1NCCO. The second-order valence-electron chi connectivity index (χ2n) is 4.37. The van der Waals surface area contributed by atoms with Gasteiger partial charge in [0.15, 0.2) is 11.6 Å². The maximum absolute atomic E-state index is 13.1. The molecule has 0 saturated carbocycles. The number of nitrogens with zero attached hydrogens (tertiary/aromatic N) is 2. The summed E-state index contributed by atoms with van der Waals surface area (Å²) < 4.78 is 37.8. The summed E-state index contributed by atoms with van der Waals surface area (Å²) in [4.78, 5) is 18.8. The number of aliphatic hydroxyl groups excluding tert-OH is 1. The number of aliphatic hydroxyl groups is 1. The lowest BCUT2D eigenvalue weighted by Gasteiger charge is -2.05. The van der Waals surface area contributed by atoms with Crippen LogP contribution in [0.25, 0.3) is 0 Å². The summed E-state index contributed by atoms with van der Waals surface area (Å²) in [5.41, 5.74) is -1.37. The average molecular weight is 359 g/mol. The molecule has 134 valence electrons. The smallest absolute Gasteiger partial charge is 0.307 e. The van der Waals surface area contributed by atoms with Crippen LogP contribution in [0.4, 0.5) is 30.2 Å². The third kappa shape index (κ3) is 5.42. The molecular weight excluding hydrogens is 347 g/mol. The molecule has 0 aromatic heterocycles. The number of rotatable bonds is 5. The monoisotopic (exact) mass is 359 g/mol. The Hall–Kier alpha value is -3.21. The van der Waals surface area contributed by atoms with Gasteiger partial charge in [0.1, 0.15) is 5.69 Å². The Morgan fingerprint density at radius 2 is 1.44 bits per heavy atom. The van der Waals surface area contributed by atoms with Crippen molar-refractivity contribution in [1.29, 1.82) is 0 Å². The predicted molar refractivity (Wildman–Crippen MR) is 81.6 cm³/mol. The van der Waals surface area contributed by atoms with Gasteiger partial charge >= 0.3 is 5.69 Å². The van der Waals surface area contributed by atoms with Crippen LogP contribution in [0.15, 0.2) is 36.4 Å². The van der Waals surface area contributed by atoms with Crippen molar-refractivity contribution in [3.05, 3.63) is 74.1 Å². The fourth-order valence-electron chi connectivity index (χ4n) is 1.65. The van der Waals surface area contributed by atoms with E-state index in [1.807, 2.05) is 0 Å². The van der Waals surface area contributed by atoms with Gasteiger partial charge in [-0.05, 0) is 12.1 Å². The van der Waals surface area contributed by atoms with Crippen LogP contribution in [-0.2, 0) is 0 Å². The molecule has 8 nitrogen and oxygen atoms in total. The summed E-state index contributed by atoms with van der Waals surface area (Å²) in [7, 11) is 0. The van der Waals surface area contributed by atoms with Gasteiger partial charge in [-0.2, -0.15) is 4.39 Å². The van der Waals surface area contributed by atoms with Crippen molar-refractivity contribution in [2.75, 3.05) is 18.5 Å². The third-order valence-corrected chi connectivity index (χ3v) is 2.73. The molecule has 0 aliphatic carbocycles. The number of halogens is 3. The van der Waals surface area contributed by atoms with E-state index in [4.69, 9.17) is 5.11 Å². The highest BCUT2D eigenvalue weighted by atomic mass is 19.2. The van der Waals surface area contributed by atoms with Crippen LogP contribution < -0.4 is 5.32 Å². The second kappa shape index (κ2) is 9.17. The number of nitrogens with one attached hydrogen (secondary N) is 1. The first-order chi connectivity index (χ1) is 11.8. The summed E-state index contributed by atoms with van der Waals surface area (Å²) in [6.45, 7) is -0.146. The molecule has 0 unspecified atom stereocenters. The van der Waals surface area contributed by atoms with Gasteiger partial charge in [0, 0.05) is 18.7 Å². The molecule has 0 heterocycles. The Bertz CT molecular complexity index is 773. The van der Waals surface area contributed by atoms with E-state index < -0.39 is 33.0 Å². The van der Waals surface area contributed by atoms with Crippen molar-refractivity contribution < 1.29 is 28.1 Å². The van der Waals surface area contributed by atoms with Gasteiger partial charge in [-0.3, -0.25) is 20.2 Å². The van der Waals surface area contributed by atoms with Gasteiger partial charge in [0.2, 0.25) is 5.82 Å². The Labute approximate surface area is 138 Å². The Balaban J connectivity index is 0.000000257. The second-order valence-corrected chi connectivity index (χ2v) is 4.37. The maximum atomic E-state index is 13.1. The number of hydrogen-bond acceptors (Lipinski definition) is 6. The van der Waals surface area contributed by atoms with Crippen molar-refractivity contribution >= 4 is 17.1 Å². The van der Waals surface area contributed by atoms with E-state index in [0.717, 1.165) is 24.3 Å². The van der Waals surface area contributed by atoms with Crippen molar-refractivity contribution in [3.63, 3.8) is 0 Å². The topological polar surface area (TPSA) is 119 Å². The first-order valence-corrected chi connectivity index (χ1v) is 6.65. The standard InChI is InChI=1S/C8H9FN2O3.C6H3F2NO2/c9-6-2-1-3-7(11(13)14)8(6)10-4-5-12;7-4-2-1-3-5(6(4)8)9(10)11/h1-3,10,12H,4-5H2;1-3H. The summed E-state index contributed by atoms with van der Waals surface area (Å²) in [5.74, 6) is -3.33. The van der Waals surface area contributed by atoms with E-state index in [1.54, 1.807) is 0 Å². The molecule has 0 radical (unpaired) electrons. The number of nitro groups is 2. The highest BCUT2D eigenvalue weighted by molar-refractivity contribution is 5.62. The molecule has 0 spiro atoms. The lowest BCUT2D eigenvalue weighted by Crippen LogP contribution is -2.09. The van der Waals surface area contributed by atoms with Crippen LogP contribution in [0.3, 0.4) is 0 Å². The van der Waals surface area contributed by atoms with Gasteiger partial charge in [-0.15, -0.1) is 0 Å². The fraction of sp³-hybridized carbons (Fsp3) is 0.143. The predicted octanol–water partition coefficient (Wildman–Crippen LogP) is 3.01. The van der Waals surface area contributed by atoms with Crippen molar-refractivity contribution in [2.45, 2.75) is 0 Å². The molecule has 2 N–H and O–H groups in total. The molecule has 0 saturated heterocycles. The Morgan fingerprint density at radius 1 is 0.920 bits per heavy atom. The number of para-hydroxylation sites is 1. The minimum atomic E-state index is -1.42. The molecule has 0 atom stereocenters. The molecule has 2 aromatic carbocycles. The summed E-state index contributed by atoms with van der Waals surface area (Å²) in [6.07, 6.45) is 0. The molecule has 0 fully saturated rings. The number of benzene rings is 2. The molecule has 0 amide bonds. The third-order valence-electron chi connectivity index (χ3n) is 2.73. The van der Waals surface area contributed by atoms with Gasteiger partial charge in [-0.25, -0.2) is 8.78 Å². The molecule has 0 aliphatic rings. The van der Waals surface area contributed by atoms with Gasteiger partial charge < -0.3 is 10.4 Å². The molecule has 11 heteroatoms. The van der Waals surface area contributed by atoms with Crippen LogP contribution in [0.2, 0.25) is 0 Å². The zero-order valence-corrected chi connectivity index (χ0v) is 12.5. The summed E-state index contributed by atoms with van der Waals surface area (Å²) in [6, 6.07) is 6.38. The van der Waals surface area contributed by atoms with Crippen LogP contribution in [0.1, 0.15) is 0 Å². The van der Waals surface area contributed by atoms with Gasteiger partial charge in [0.05, 0.1) is 16.5 Å². The molecule has 25 heavy (non-hydrogen) atoms. The van der Waals surface area contributed by atoms with Crippen LogP contribution in [0.5, 0.6) is 0 Å². The van der Waals surface area contributed by atoms with E-state index in [0.29, 0.717) is 0 Å². The normalized spacial score (nSPS) is 9.76. The van der Waals surface area contributed by atoms with Crippen molar-refractivity contribution in [1.82, 2.24) is 0 Å². The van der Waals surface area contributed by atoms with Crippen LogP contribution >= 0.6 is 0 Å². The zero-order valence-electron chi connectivity index (χ0n) is 12.5. The highest BCUT2D eigenvalue weighted by Crippen LogP contribution is 2.26. The molecular formula is C14H12F3N3O5. The highest BCUT2D eigenvalue weighted by Gasteiger charge is 2.17. The number of anilines is 1. The molecule has 2 aromatic rings. The maximum Gasteiger partial charge on any atom is 0.307 e. The van der Waals surface area contributed by atoms with E-state index in [-0.39, 0.29) is 24.5 Å². The number of nitro benzene ring substituents is 2. The number of hydrogen-bond donors (Lipinski definition) is 2. The van der Waals surface area contributed by atoms with E-state index in [1.165, 1.54) is 12.1 Å².